The molecule has 2 heterocycles. The van der Waals surface area contributed by atoms with Crippen molar-refractivity contribution in [1.29, 1.82) is 0 Å². The zero-order chi connectivity index (χ0) is 19.9. The first-order valence-corrected chi connectivity index (χ1v) is 9.64. The van der Waals surface area contributed by atoms with Gasteiger partial charge < -0.3 is 10.1 Å². The van der Waals surface area contributed by atoms with Gasteiger partial charge in [0.05, 0.1) is 28.5 Å². The Morgan fingerprint density at radius 1 is 1.26 bits per heavy atom. The number of nitrogens with one attached hydrogen (secondary N) is 1. The van der Waals surface area contributed by atoms with Crippen molar-refractivity contribution in [2.45, 2.75) is 26.8 Å². The van der Waals surface area contributed by atoms with Crippen LogP contribution < -0.4 is 5.32 Å². The van der Waals surface area contributed by atoms with Crippen LogP contribution in [0.2, 0.25) is 10.0 Å². The van der Waals surface area contributed by atoms with Crippen LogP contribution >= 0.6 is 34.5 Å². The fraction of sp³-hybridized carbons (Fsp3) is 0.278. The second-order valence-electron chi connectivity index (χ2n) is 6.04. The smallest absolute Gasteiger partial charge is 0.349 e. The lowest BCUT2D eigenvalue weighted by molar-refractivity contribution is -0.119. The van der Waals surface area contributed by atoms with Gasteiger partial charge in [0, 0.05) is 15.8 Å². The molecule has 3 rings (SSSR count). The zero-order valence-corrected chi connectivity index (χ0v) is 17.4. The molecule has 2 aromatic heterocycles. The van der Waals surface area contributed by atoms with Gasteiger partial charge in [-0.05, 0) is 39.0 Å². The van der Waals surface area contributed by atoms with Crippen molar-refractivity contribution in [2.24, 2.45) is 0 Å². The first-order chi connectivity index (χ1) is 12.7. The molecular formula is C18H17Cl2N3O3S. The van der Waals surface area contributed by atoms with Gasteiger partial charge in [-0.15, -0.1) is 11.3 Å². The zero-order valence-electron chi connectivity index (χ0n) is 15.1. The van der Waals surface area contributed by atoms with E-state index in [1.165, 1.54) is 18.4 Å². The molecule has 142 valence electrons. The number of rotatable bonds is 4. The van der Waals surface area contributed by atoms with E-state index >= 15 is 0 Å². The fourth-order valence-electron chi connectivity index (χ4n) is 2.74. The molecule has 1 amide bonds. The average Bonchev–Trinajstić information content (AvgIpc) is 3.11. The number of anilines is 1. The van der Waals surface area contributed by atoms with Gasteiger partial charge in [-0.25, -0.2) is 4.79 Å². The number of hydrogen-bond donors (Lipinski definition) is 1. The van der Waals surface area contributed by atoms with E-state index in [1.807, 2.05) is 6.92 Å². The molecule has 1 N–H and O–H groups in total. The Hall–Kier alpha value is -2.09. The number of amides is 1. The molecule has 0 aliphatic carbocycles. The van der Waals surface area contributed by atoms with Crippen molar-refractivity contribution in [3.63, 3.8) is 0 Å². The Kier molecular flexibility index (Phi) is 5.46. The third-order valence-corrected chi connectivity index (χ3v) is 6.43. The Morgan fingerprint density at radius 3 is 2.56 bits per heavy atom. The van der Waals surface area contributed by atoms with E-state index in [2.05, 4.69) is 10.4 Å². The molecule has 0 bridgehead atoms. The van der Waals surface area contributed by atoms with Gasteiger partial charge in [-0.3, -0.25) is 9.48 Å². The van der Waals surface area contributed by atoms with E-state index in [0.29, 0.717) is 26.3 Å². The predicted octanol–water partition coefficient (Wildman–Crippen LogP) is 5.01. The summed E-state index contributed by atoms with van der Waals surface area (Å²) in [5.41, 5.74) is 2.01. The second kappa shape index (κ2) is 7.50. The molecule has 1 unspecified atom stereocenters. The second-order valence-corrected chi connectivity index (χ2v) is 7.85. The quantitative estimate of drug-likeness (QED) is 0.596. The Bertz CT molecular complexity index is 1060. The van der Waals surface area contributed by atoms with Crippen molar-refractivity contribution >= 4 is 62.2 Å². The summed E-state index contributed by atoms with van der Waals surface area (Å²) in [6.45, 7) is 5.37. The van der Waals surface area contributed by atoms with Crippen LogP contribution in [0.3, 0.4) is 0 Å². The summed E-state index contributed by atoms with van der Waals surface area (Å²) in [4.78, 5) is 24.8. The summed E-state index contributed by atoms with van der Waals surface area (Å²) in [6, 6.07) is 4.74. The van der Waals surface area contributed by atoms with Crippen LogP contribution in [0.4, 0.5) is 5.69 Å². The number of methoxy groups -OCH3 is 1. The highest BCUT2D eigenvalue weighted by Gasteiger charge is 2.22. The number of benzene rings is 1. The first kappa shape index (κ1) is 19.7. The standard InChI is InChI=1S/C18H17Cl2N3O3S/c1-8-14(19)9(2)23(22-8)10(3)17(24)21-11-5-6-12-13(7-11)27-16(15(12)20)18(25)26-4/h5-7,10H,1-4H3,(H,21,24). The van der Waals surface area contributed by atoms with Crippen molar-refractivity contribution in [1.82, 2.24) is 9.78 Å². The third-order valence-electron chi connectivity index (χ3n) is 4.25. The minimum atomic E-state index is -0.538. The minimum Gasteiger partial charge on any atom is -0.465 e. The summed E-state index contributed by atoms with van der Waals surface area (Å²) >= 11 is 13.6. The van der Waals surface area contributed by atoms with E-state index in [0.717, 1.165) is 15.8 Å². The lowest BCUT2D eigenvalue weighted by atomic mass is 10.2. The molecule has 0 fully saturated rings. The van der Waals surface area contributed by atoms with Gasteiger partial charge in [-0.1, -0.05) is 23.2 Å². The normalized spacial score (nSPS) is 12.2. The van der Waals surface area contributed by atoms with E-state index in [9.17, 15) is 9.59 Å². The summed E-state index contributed by atoms with van der Waals surface area (Å²) in [5.74, 6) is -0.714. The predicted molar refractivity (Wildman–Crippen MR) is 108 cm³/mol. The number of esters is 1. The Labute approximate surface area is 170 Å². The fourth-order valence-corrected chi connectivity index (χ4v) is 4.33. The van der Waals surface area contributed by atoms with Crippen LogP contribution in [0.1, 0.15) is 34.0 Å². The topological polar surface area (TPSA) is 73.2 Å². The maximum absolute atomic E-state index is 12.6. The van der Waals surface area contributed by atoms with Crippen LogP contribution in [0, 0.1) is 13.8 Å². The van der Waals surface area contributed by atoms with Gasteiger partial charge in [0.1, 0.15) is 10.9 Å². The minimum absolute atomic E-state index is 0.229. The molecule has 0 spiro atoms. The number of halogens is 2. The van der Waals surface area contributed by atoms with Crippen LogP contribution in [0.25, 0.3) is 10.1 Å². The maximum Gasteiger partial charge on any atom is 0.349 e. The summed E-state index contributed by atoms with van der Waals surface area (Å²) in [7, 11) is 1.31. The highest BCUT2D eigenvalue weighted by Crippen LogP contribution is 2.37. The molecule has 1 atom stereocenters. The lowest BCUT2D eigenvalue weighted by Crippen LogP contribution is -2.25. The van der Waals surface area contributed by atoms with Crippen LogP contribution in [0.5, 0.6) is 0 Å². The number of carbonyl (C=O) groups excluding carboxylic acids is 2. The van der Waals surface area contributed by atoms with Gasteiger partial charge in [-0.2, -0.15) is 5.10 Å². The Balaban J connectivity index is 1.86. The SMILES string of the molecule is COC(=O)c1sc2cc(NC(=O)C(C)n3nc(C)c(Cl)c3C)ccc2c1Cl. The van der Waals surface area contributed by atoms with Gasteiger partial charge in [0.15, 0.2) is 0 Å². The average molecular weight is 426 g/mol. The van der Waals surface area contributed by atoms with Crippen molar-refractivity contribution in [2.75, 3.05) is 12.4 Å². The molecule has 0 saturated heterocycles. The number of fused-ring (bicyclic) bond motifs is 1. The molecule has 0 aliphatic rings. The highest BCUT2D eigenvalue weighted by atomic mass is 35.5. The van der Waals surface area contributed by atoms with Crippen molar-refractivity contribution in [3.8, 4) is 0 Å². The maximum atomic E-state index is 12.6. The number of nitrogens with zero attached hydrogens (tertiary/aromatic N) is 2. The Morgan fingerprint density at radius 2 is 1.96 bits per heavy atom. The number of ether oxygens (including phenoxy) is 1. The molecular weight excluding hydrogens is 409 g/mol. The largest absolute Gasteiger partial charge is 0.465 e. The summed E-state index contributed by atoms with van der Waals surface area (Å²) < 4.78 is 7.12. The van der Waals surface area contributed by atoms with E-state index < -0.39 is 12.0 Å². The van der Waals surface area contributed by atoms with Gasteiger partial charge in [0.25, 0.3) is 0 Å². The number of aryl methyl sites for hydroxylation is 1. The molecule has 0 saturated carbocycles. The number of carbonyl (C=O) groups is 2. The molecule has 3 aromatic rings. The summed E-state index contributed by atoms with van der Waals surface area (Å²) in [5, 5.41) is 8.83. The molecule has 1 aromatic carbocycles. The van der Waals surface area contributed by atoms with Crippen molar-refractivity contribution < 1.29 is 14.3 Å². The first-order valence-electron chi connectivity index (χ1n) is 8.07. The number of aromatic nitrogens is 2. The van der Waals surface area contributed by atoms with E-state index in [-0.39, 0.29) is 5.91 Å². The molecule has 0 radical (unpaired) electrons. The summed E-state index contributed by atoms with van der Waals surface area (Å²) in [6.07, 6.45) is 0. The molecule has 27 heavy (non-hydrogen) atoms. The third kappa shape index (κ3) is 3.54. The van der Waals surface area contributed by atoms with Crippen LogP contribution in [-0.4, -0.2) is 28.8 Å². The van der Waals surface area contributed by atoms with Crippen LogP contribution in [0.15, 0.2) is 18.2 Å². The molecule has 0 aliphatic heterocycles. The van der Waals surface area contributed by atoms with E-state index in [1.54, 1.807) is 36.7 Å². The molecule has 6 nitrogen and oxygen atoms in total. The van der Waals surface area contributed by atoms with Gasteiger partial charge in [0.2, 0.25) is 5.91 Å². The number of hydrogen-bond acceptors (Lipinski definition) is 5. The van der Waals surface area contributed by atoms with E-state index in [4.69, 9.17) is 27.9 Å². The monoisotopic (exact) mass is 425 g/mol. The highest BCUT2D eigenvalue weighted by molar-refractivity contribution is 7.21. The van der Waals surface area contributed by atoms with Gasteiger partial charge >= 0.3 is 5.97 Å². The van der Waals surface area contributed by atoms with Crippen molar-refractivity contribution in [3.05, 3.63) is 44.5 Å². The molecule has 9 heteroatoms. The number of thiophene rings is 1. The van der Waals surface area contributed by atoms with Crippen LogP contribution in [-0.2, 0) is 9.53 Å². The lowest BCUT2D eigenvalue weighted by Gasteiger charge is -2.14.